The zero-order valence-electron chi connectivity index (χ0n) is 10.3. The molecule has 7 heteroatoms. The van der Waals surface area contributed by atoms with Gasteiger partial charge < -0.3 is 5.43 Å². The van der Waals surface area contributed by atoms with Crippen LogP contribution in [0.25, 0.3) is 0 Å². The molecule has 1 aromatic rings. The van der Waals surface area contributed by atoms with Crippen molar-refractivity contribution < 1.29 is 8.42 Å². The molecule has 1 unspecified atom stereocenters. The number of hydrogen-bond donors (Lipinski definition) is 2. The number of nitrogen functional groups attached to an aromatic ring is 1. The van der Waals surface area contributed by atoms with Gasteiger partial charge in [-0.1, -0.05) is 0 Å². The maximum absolute atomic E-state index is 11.4. The summed E-state index contributed by atoms with van der Waals surface area (Å²) in [5, 5.41) is 0. The van der Waals surface area contributed by atoms with Crippen LogP contribution in [0.5, 0.6) is 0 Å². The van der Waals surface area contributed by atoms with Gasteiger partial charge >= 0.3 is 0 Å². The van der Waals surface area contributed by atoms with Crippen LogP contribution in [-0.4, -0.2) is 42.9 Å². The number of aromatic nitrogens is 1. The lowest BCUT2D eigenvalue weighted by molar-refractivity contribution is 0.251. The molecule has 0 saturated carbocycles. The Balaban J connectivity index is 2.01. The number of rotatable bonds is 4. The Morgan fingerprint density at radius 1 is 1.61 bits per heavy atom. The summed E-state index contributed by atoms with van der Waals surface area (Å²) in [6.07, 6.45) is 2.39. The van der Waals surface area contributed by atoms with E-state index in [1.54, 1.807) is 12.3 Å². The van der Waals surface area contributed by atoms with Crippen molar-refractivity contribution in [3.05, 3.63) is 24.0 Å². The van der Waals surface area contributed by atoms with Gasteiger partial charge in [0.1, 0.15) is 0 Å². The Hall–Kier alpha value is -1.18. The summed E-state index contributed by atoms with van der Waals surface area (Å²) in [5.74, 6) is 5.88. The van der Waals surface area contributed by atoms with E-state index in [2.05, 4.69) is 10.4 Å². The molecular weight excluding hydrogens is 252 g/mol. The first-order valence-corrected chi connectivity index (χ1v) is 7.64. The van der Waals surface area contributed by atoms with Crippen molar-refractivity contribution in [1.29, 1.82) is 0 Å². The van der Waals surface area contributed by atoms with Crippen LogP contribution in [0.4, 0.5) is 5.69 Å². The second kappa shape index (κ2) is 5.21. The van der Waals surface area contributed by atoms with Crippen molar-refractivity contribution in [3.8, 4) is 0 Å². The van der Waals surface area contributed by atoms with E-state index >= 15 is 0 Å². The Morgan fingerprint density at radius 3 is 3.00 bits per heavy atom. The minimum Gasteiger partial charge on any atom is -0.324 e. The van der Waals surface area contributed by atoms with E-state index in [9.17, 15) is 8.42 Å². The molecule has 2 rings (SSSR count). The van der Waals surface area contributed by atoms with Gasteiger partial charge in [-0.05, 0) is 25.6 Å². The highest BCUT2D eigenvalue weighted by molar-refractivity contribution is 7.91. The molecule has 1 aromatic heterocycles. The van der Waals surface area contributed by atoms with Crippen molar-refractivity contribution in [1.82, 2.24) is 9.88 Å². The van der Waals surface area contributed by atoms with Crippen molar-refractivity contribution in [2.45, 2.75) is 19.0 Å². The van der Waals surface area contributed by atoms with E-state index in [-0.39, 0.29) is 11.8 Å². The normalized spacial score (nSPS) is 22.3. The summed E-state index contributed by atoms with van der Waals surface area (Å²) in [6.45, 7) is 0.621. The third-order valence-corrected chi connectivity index (χ3v) is 4.98. The van der Waals surface area contributed by atoms with Crippen LogP contribution in [0.15, 0.2) is 18.3 Å². The van der Waals surface area contributed by atoms with Gasteiger partial charge in [0.2, 0.25) is 0 Å². The first kappa shape index (κ1) is 13.3. The molecule has 0 spiro atoms. The number of nitrogens with two attached hydrogens (primary N) is 1. The summed E-state index contributed by atoms with van der Waals surface area (Å²) in [7, 11) is -0.914. The first-order chi connectivity index (χ1) is 8.50. The molecule has 0 amide bonds. The van der Waals surface area contributed by atoms with Crippen molar-refractivity contribution >= 4 is 15.5 Å². The summed E-state index contributed by atoms with van der Waals surface area (Å²) in [4.78, 5) is 6.28. The van der Waals surface area contributed by atoms with Crippen molar-refractivity contribution in [2.24, 2.45) is 5.84 Å². The highest BCUT2D eigenvalue weighted by Crippen LogP contribution is 2.18. The number of nitrogens with zero attached hydrogens (tertiary/aromatic N) is 2. The topological polar surface area (TPSA) is 88.3 Å². The molecule has 1 aliphatic rings. The van der Waals surface area contributed by atoms with Gasteiger partial charge in [-0.15, -0.1) is 0 Å². The van der Waals surface area contributed by atoms with Crippen molar-refractivity contribution in [3.63, 3.8) is 0 Å². The van der Waals surface area contributed by atoms with E-state index in [1.807, 2.05) is 18.0 Å². The average Bonchev–Trinajstić information content (AvgIpc) is 2.70. The molecule has 0 radical (unpaired) electrons. The average molecular weight is 270 g/mol. The maximum atomic E-state index is 11.4. The van der Waals surface area contributed by atoms with Crippen molar-refractivity contribution in [2.75, 3.05) is 24.0 Å². The maximum Gasteiger partial charge on any atom is 0.151 e. The molecule has 0 aromatic carbocycles. The summed E-state index contributed by atoms with van der Waals surface area (Å²) >= 11 is 0. The lowest BCUT2D eigenvalue weighted by Gasteiger charge is -2.22. The fourth-order valence-corrected chi connectivity index (χ4v) is 3.97. The third kappa shape index (κ3) is 3.18. The van der Waals surface area contributed by atoms with E-state index in [4.69, 9.17) is 5.84 Å². The van der Waals surface area contributed by atoms with Crippen LogP contribution < -0.4 is 11.3 Å². The van der Waals surface area contributed by atoms with Crippen LogP contribution >= 0.6 is 0 Å². The zero-order chi connectivity index (χ0) is 13.2. The Kier molecular flexibility index (Phi) is 3.84. The second-order valence-corrected chi connectivity index (χ2v) is 6.88. The smallest absolute Gasteiger partial charge is 0.151 e. The number of pyridine rings is 1. The minimum absolute atomic E-state index is 0.0892. The van der Waals surface area contributed by atoms with Gasteiger partial charge in [0.25, 0.3) is 0 Å². The monoisotopic (exact) mass is 270 g/mol. The predicted molar refractivity (Wildman–Crippen MR) is 70.6 cm³/mol. The summed E-state index contributed by atoms with van der Waals surface area (Å²) in [6, 6.07) is 3.73. The molecule has 3 N–H and O–H groups in total. The molecule has 2 heterocycles. The molecule has 1 fully saturated rings. The van der Waals surface area contributed by atoms with Gasteiger partial charge in [-0.25, -0.2) is 8.42 Å². The fourth-order valence-electron chi connectivity index (χ4n) is 2.16. The van der Waals surface area contributed by atoms with Crippen LogP contribution in [0.2, 0.25) is 0 Å². The lowest BCUT2D eigenvalue weighted by Crippen LogP contribution is -2.32. The van der Waals surface area contributed by atoms with Gasteiger partial charge in [0.15, 0.2) is 9.84 Å². The van der Waals surface area contributed by atoms with Gasteiger partial charge in [0.05, 0.1) is 22.9 Å². The van der Waals surface area contributed by atoms with E-state index < -0.39 is 9.84 Å². The third-order valence-electron chi connectivity index (χ3n) is 3.23. The van der Waals surface area contributed by atoms with E-state index in [0.29, 0.717) is 18.7 Å². The molecule has 0 bridgehead atoms. The minimum atomic E-state index is -2.84. The standard InChI is InChI=1S/C11H18N4O2S/c1-15(11-3-5-18(16,17)8-11)7-10-6-9(14-12)2-4-13-10/h2,4,6,11H,3,5,7-8,12H2,1H3,(H,13,14). The van der Waals surface area contributed by atoms with E-state index in [1.165, 1.54) is 0 Å². The summed E-state index contributed by atoms with van der Waals surface area (Å²) < 4.78 is 22.9. The highest BCUT2D eigenvalue weighted by Gasteiger charge is 2.30. The molecule has 1 atom stereocenters. The Bertz CT molecular complexity index is 518. The lowest BCUT2D eigenvalue weighted by atomic mass is 10.2. The van der Waals surface area contributed by atoms with Crippen LogP contribution in [-0.2, 0) is 16.4 Å². The molecular formula is C11H18N4O2S. The quantitative estimate of drug-likeness (QED) is 0.591. The number of nitrogens with one attached hydrogen (secondary N) is 1. The molecule has 100 valence electrons. The summed E-state index contributed by atoms with van der Waals surface area (Å²) in [5.41, 5.74) is 4.24. The van der Waals surface area contributed by atoms with Gasteiger partial charge in [0, 0.05) is 18.8 Å². The molecule has 1 saturated heterocycles. The first-order valence-electron chi connectivity index (χ1n) is 5.82. The van der Waals surface area contributed by atoms with Crippen LogP contribution in [0.1, 0.15) is 12.1 Å². The Morgan fingerprint density at radius 2 is 2.39 bits per heavy atom. The molecule has 0 aliphatic carbocycles. The fraction of sp³-hybridized carbons (Fsp3) is 0.545. The van der Waals surface area contributed by atoms with Gasteiger partial charge in [-0.3, -0.25) is 15.7 Å². The van der Waals surface area contributed by atoms with Gasteiger partial charge in [-0.2, -0.15) is 0 Å². The number of hydrazine groups is 1. The second-order valence-electron chi connectivity index (χ2n) is 4.65. The Labute approximate surface area is 107 Å². The number of anilines is 1. The largest absolute Gasteiger partial charge is 0.324 e. The van der Waals surface area contributed by atoms with Crippen LogP contribution in [0.3, 0.4) is 0 Å². The SMILES string of the molecule is CN(Cc1cc(NN)ccn1)C1CCS(=O)(=O)C1. The molecule has 1 aliphatic heterocycles. The molecule has 6 nitrogen and oxygen atoms in total. The number of hydrogen-bond acceptors (Lipinski definition) is 6. The number of sulfone groups is 1. The zero-order valence-corrected chi connectivity index (χ0v) is 11.2. The van der Waals surface area contributed by atoms with E-state index in [0.717, 1.165) is 11.4 Å². The highest BCUT2D eigenvalue weighted by atomic mass is 32.2. The predicted octanol–water partition coefficient (Wildman–Crippen LogP) is -0.0139. The van der Waals surface area contributed by atoms with Crippen LogP contribution in [0, 0.1) is 0 Å². The molecule has 18 heavy (non-hydrogen) atoms.